The summed E-state index contributed by atoms with van der Waals surface area (Å²) >= 11 is 0. The Balaban J connectivity index is 2.56. The summed E-state index contributed by atoms with van der Waals surface area (Å²) in [4.78, 5) is 33.7. The van der Waals surface area contributed by atoms with E-state index in [1.807, 2.05) is 5.32 Å². The number of nitrogens with one attached hydrogen (secondary N) is 1. The molecule has 1 rings (SSSR count). The molecular weight excluding hydrogens is 176 g/mol. The standard InChI is InChI=1S/C7H10N2O4/c10-3-1-2-9-6(12)4-5(11)8-7(9)13/h10H,1-4H2,(H,8,11,13). The van der Waals surface area contributed by atoms with E-state index in [1.165, 1.54) is 0 Å². The van der Waals surface area contributed by atoms with E-state index in [0.29, 0.717) is 6.42 Å². The van der Waals surface area contributed by atoms with Crippen LogP contribution < -0.4 is 5.32 Å². The smallest absolute Gasteiger partial charge is 0.330 e. The first-order valence-corrected chi connectivity index (χ1v) is 3.90. The third-order valence-electron chi connectivity index (χ3n) is 1.64. The Morgan fingerprint density at radius 2 is 2.08 bits per heavy atom. The first-order chi connectivity index (χ1) is 6.15. The molecule has 0 aromatic heterocycles. The van der Waals surface area contributed by atoms with Crippen LogP contribution in [0.1, 0.15) is 12.8 Å². The lowest BCUT2D eigenvalue weighted by Gasteiger charge is -2.24. The minimum Gasteiger partial charge on any atom is -0.396 e. The van der Waals surface area contributed by atoms with Gasteiger partial charge < -0.3 is 5.11 Å². The molecule has 4 amide bonds. The Labute approximate surface area is 74.5 Å². The second-order valence-corrected chi connectivity index (χ2v) is 2.65. The number of amides is 4. The van der Waals surface area contributed by atoms with Gasteiger partial charge in [-0.3, -0.25) is 19.8 Å². The third-order valence-corrected chi connectivity index (χ3v) is 1.64. The van der Waals surface area contributed by atoms with Crippen LogP contribution in [0.3, 0.4) is 0 Å². The fourth-order valence-electron chi connectivity index (χ4n) is 1.03. The van der Waals surface area contributed by atoms with Crippen LogP contribution >= 0.6 is 0 Å². The summed E-state index contributed by atoms with van der Waals surface area (Å²) in [5.41, 5.74) is 0. The molecule has 13 heavy (non-hydrogen) atoms. The topological polar surface area (TPSA) is 86.7 Å². The van der Waals surface area contributed by atoms with E-state index in [9.17, 15) is 14.4 Å². The summed E-state index contributed by atoms with van der Waals surface area (Å²) in [5.74, 6) is -1.09. The zero-order valence-corrected chi connectivity index (χ0v) is 6.95. The van der Waals surface area contributed by atoms with Gasteiger partial charge in [-0.05, 0) is 6.42 Å². The predicted molar refractivity (Wildman–Crippen MR) is 41.6 cm³/mol. The number of aliphatic hydroxyl groups excluding tert-OH is 1. The fourth-order valence-corrected chi connectivity index (χ4v) is 1.03. The SMILES string of the molecule is O=C1CC(=O)N(CCCO)C(=O)N1. The highest BCUT2D eigenvalue weighted by atomic mass is 16.3. The van der Waals surface area contributed by atoms with Gasteiger partial charge in [0.05, 0.1) is 0 Å². The van der Waals surface area contributed by atoms with Gasteiger partial charge in [-0.2, -0.15) is 0 Å². The molecule has 1 aliphatic heterocycles. The van der Waals surface area contributed by atoms with Gasteiger partial charge >= 0.3 is 6.03 Å². The molecule has 0 unspecified atom stereocenters. The number of hydrogen-bond acceptors (Lipinski definition) is 4. The van der Waals surface area contributed by atoms with Gasteiger partial charge in [-0.1, -0.05) is 0 Å². The molecule has 1 heterocycles. The zero-order valence-electron chi connectivity index (χ0n) is 6.95. The molecule has 0 aliphatic carbocycles. The number of aliphatic hydroxyl groups is 1. The van der Waals surface area contributed by atoms with Crippen molar-refractivity contribution in [3.63, 3.8) is 0 Å². The molecule has 0 bridgehead atoms. The summed E-state index contributed by atoms with van der Waals surface area (Å²) in [5, 5.41) is 10.5. The summed E-state index contributed by atoms with van der Waals surface area (Å²) in [7, 11) is 0. The highest BCUT2D eigenvalue weighted by Crippen LogP contribution is 2.02. The summed E-state index contributed by atoms with van der Waals surface area (Å²) in [6, 6.07) is -0.699. The van der Waals surface area contributed by atoms with Crippen molar-refractivity contribution in [3.05, 3.63) is 0 Å². The number of carbonyl (C=O) groups is 3. The van der Waals surface area contributed by atoms with Crippen LogP contribution in [0.5, 0.6) is 0 Å². The van der Waals surface area contributed by atoms with Crippen molar-refractivity contribution in [1.29, 1.82) is 0 Å². The van der Waals surface area contributed by atoms with Crippen molar-refractivity contribution in [2.45, 2.75) is 12.8 Å². The number of urea groups is 1. The predicted octanol–water partition coefficient (Wildman–Crippen LogP) is -1.16. The van der Waals surface area contributed by atoms with Gasteiger partial charge in [-0.25, -0.2) is 4.79 Å². The van der Waals surface area contributed by atoms with Gasteiger partial charge in [0.1, 0.15) is 6.42 Å². The second kappa shape index (κ2) is 3.99. The highest BCUT2D eigenvalue weighted by molar-refractivity contribution is 6.14. The molecule has 72 valence electrons. The average molecular weight is 186 g/mol. The first kappa shape index (κ1) is 9.66. The van der Waals surface area contributed by atoms with E-state index in [-0.39, 0.29) is 19.6 Å². The summed E-state index contributed by atoms with van der Waals surface area (Å²) < 4.78 is 0. The second-order valence-electron chi connectivity index (χ2n) is 2.65. The Morgan fingerprint density at radius 1 is 1.38 bits per heavy atom. The number of nitrogens with zero attached hydrogens (tertiary/aromatic N) is 1. The van der Waals surface area contributed by atoms with E-state index in [0.717, 1.165) is 4.90 Å². The van der Waals surface area contributed by atoms with Crippen molar-refractivity contribution < 1.29 is 19.5 Å². The largest absolute Gasteiger partial charge is 0.396 e. The maximum Gasteiger partial charge on any atom is 0.330 e. The van der Waals surface area contributed by atoms with Crippen LogP contribution in [0, 0.1) is 0 Å². The maximum absolute atomic E-state index is 11.1. The van der Waals surface area contributed by atoms with Crippen LogP contribution in [0.2, 0.25) is 0 Å². The molecule has 1 saturated heterocycles. The molecule has 0 saturated carbocycles. The highest BCUT2D eigenvalue weighted by Gasteiger charge is 2.29. The number of imide groups is 2. The van der Waals surface area contributed by atoms with Crippen LogP contribution in [0.25, 0.3) is 0 Å². The lowest BCUT2D eigenvalue weighted by atomic mass is 10.3. The summed E-state index contributed by atoms with van der Waals surface area (Å²) in [6.45, 7) is 0.0550. The summed E-state index contributed by atoms with van der Waals surface area (Å²) in [6.07, 6.45) is 0.0323. The molecule has 6 heteroatoms. The van der Waals surface area contributed by atoms with Gasteiger partial charge in [0, 0.05) is 13.2 Å². The Morgan fingerprint density at radius 3 is 2.62 bits per heavy atom. The van der Waals surface area contributed by atoms with E-state index in [2.05, 4.69) is 0 Å². The van der Waals surface area contributed by atoms with Crippen LogP contribution in [-0.4, -0.2) is 41.0 Å². The fraction of sp³-hybridized carbons (Fsp3) is 0.571. The van der Waals surface area contributed by atoms with E-state index in [1.54, 1.807) is 0 Å². The van der Waals surface area contributed by atoms with Crippen molar-refractivity contribution in [1.82, 2.24) is 10.2 Å². The average Bonchev–Trinajstić information content (AvgIpc) is 2.02. The molecule has 0 aromatic rings. The minimum atomic E-state index is -0.699. The van der Waals surface area contributed by atoms with E-state index < -0.39 is 17.8 Å². The molecule has 2 N–H and O–H groups in total. The number of carbonyl (C=O) groups excluding carboxylic acids is 3. The van der Waals surface area contributed by atoms with E-state index in [4.69, 9.17) is 5.11 Å². The lowest BCUT2D eigenvalue weighted by molar-refractivity contribution is -0.136. The van der Waals surface area contributed by atoms with Gasteiger partial charge in [0.15, 0.2) is 0 Å². The van der Waals surface area contributed by atoms with Crippen molar-refractivity contribution in [3.8, 4) is 0 Å². The Hall–Kier alpha value is -1.43. The van der Waals surface area contributed by atoms with Crippen molar-refractivity contribution >= 4 is 17.8 Å². The van der Waals surface area contributed by atoms with Crippen molar-refractivity contribution in [2.75, 3.05) is 13.2 Å². The van der Waals surface area contributed by atoms with Crippen LogP contribution in [0.15, 0.2) is 0 Å². The van der Waals surface area contributed by atoms with Gasteiger partial charge in [-0.15, -0.1) is 0 Å². The molecular formula is C7H10N2O4. The minimum absolute atomic E-state index is 0.0923. The molecule has 0 radical (unpaired) electrons. The Kier molecular flexibility index (Phi) is 2.97. The Bertz CT molecular complexity index is 231. The monoisotopic (exact) mass is 186 g/mol. The first-order valence-electron chi connectivity index (χ1n) is 3.90. The molecule has 0 spiro atoms. The lowest BCUT2D eigenvalue weighted by Crippen LogP contribution is -2.52. The van der Waals surface area contributed by atoms with Crippen LogP contribution in [0.4, 0.5) is 4.79 Å². The van der Waals surface area contributed by atoms with E-state index >= 15 is 0 Å². The zero-order chi connectivity index (χ0) is 9.84. The molecule has 0 atom stereocenters. The quantitative estimate of drug-likeness (QED) is 0.544. The normalized spacial score (nSPS) is 17.6. The number of barbiturate groups is 1. The molecule has 1 fully saturated rings. The number of rotatable bonds is 3. The maximum atomic E-state index is 11.1. The van der Waals surface area contributed by atoms with Gasteiger partial charge in [0.25, 0.3) is 0 Å². The van der Waals surface area contributed by atoms with Crippen molar-refractivity contribution in [2.24, 2.45) is 0 Å². The molecule has 0 aromatic carbocycles. The van der Waals surface area contributed by atoms with Gasteiger partial charge in [0.2, 0.25) is 11.8 Å². The molecule has 6 nitrogen and oxygen atoms in total. The number of hydrogen-bond donors (Lipinski definition) is 2. The third kappa shape index (κ3) is 2.25. The van der Waals surface area contributed by atoms with Crippen LogP contribution in [-0.2, 0) is 9.59 Å². The molecule has 1 aliphatic rings.